The molecule has 0 atom stereocenters. The van der Waals surface area contributed by atoms with Crippen molar-refractivity contribution in [3.8, 4) is 0 Å². The van der Waals surface area contributed by atoms with Gasteiger partial charge in [0.1, 0.15) is 0 Å². The first-order valence-electron chi connectivity index (χ1n) is 9.23. The lowest BCUT2D eigenvalue weighted by Gasteiger charge is -2.26. The standard InChI is InChI=1S/C18H29N5O3S.HI/c1-27-14-2-7-19-18(20-8-9-22-10-12-26-13-11-22)21-15-16-3-5-17(6-4-16)23(24)25;/h3-6H,2,7-15H2,1H3,(H2,19,20,21);1H. The van der Waals surface area contributed by atoms with Crippen LogP contribution in [0.4, 0.5) is 5.69 Å². The van der Waals surface area contributed by atoms with E-state index >= 15 is 0 Å². The molecule has 1 aromatic carbocycles. The average Bonchev–Trinajstić information content (AvgIpc) is 2.70. The highest BCUT2D eigenvalue weighted by Gasteiger charge is 2.10. The maximum Gasteiger partial charge on any atom is 0.269 e. The minimum absolute atomic E-state index is 0. The Balaban J connectivity index is 0.00000392. The number of benzene rings is 1. The number of guanidine groups is 1. The third-order valence-electron chi connectivity index (χ3n) is 4.21. The zero-order valence-corrected chi connectivity index (χ0v) is 19.4. The van der Waals surface area contributed by atoms with E-state index in [4.69, 9.17) is 4.74 Å². The fourth-order valence-electron chi connectivity index (χ4n) is 2.65. The molecule has 1 aromatic rings. The number of morpholine rings is 1. The van der Waals surface area contributed by atoms with Gasteiger partial charge in [0.15, 0.2) is 5.96 Å². The van der Waals surface area contributed by atoms with Crippen LogP contribution in [0.3, 0.4) is 0 Å². The largest absolute Gasteiger partial charge is 0.379 e. The van der Waals surface area contributed by atoms with Crippen molar-refractivity contribution < 1.29 is 9.66 Å². The Bertz CT molecular complexity index is 597. The summed E-state index contributed by atoms with van der Waals surface area (Å²) in [5.41, 5.74) is 1.04. The van der Waals surface area contributed by atoms with Crippen LogP contribution in [0.1, 0.15) is 12.0 Å². The topological polar surface area (TPSA) is 92.0 Å². The number of nitro benzene ring substituents is 1. The number of ether oxygens (including phenoxy) is 1. The molecular weight excluding hydrogens is 493 g/mol. The predicted octanol–water partition coefficient (Wildman–Crippen LogP) is 2.33. The summed E-state index contributed by atoms with van der Waals surface area (Å²) in [5, 5.41) is 17.5. The van der Waals surface area contributed by atoms with Gasteiger partial charge < -0.3 is 15.4 Å². The number of thioether (sulfide) groups is 1. The van der Waals surface area contributed by atoms with Crippen molar-refractivity contribution >= 4 is 47.4 Å². The molecular formula is C18H30IN5O3S. The van der Waals surface area contributed by atoms with Gasteiger partial charge in [-0.25, -0.2) is 4.99 Å². The summed E-state index contributed by atoms with van der Waals surface area (Å²) in [5.74, 6) is 1.89. The molecule has 0 unspecified atom stereocenters. The number of halogens is 1. The quantitative estimate of drug-likeness (QED) is 0.122. The van der Waals surface area contributed by atoms with Crippen LogP contribution in [0.15, 0.2) is 29.3 Å². The minimum atomic E-state index is -0.390. The highest BCUT2D eigenvalue weighted by Crippen LogP contribution is 2.12. The van der Waals surface area contributed by atoms with Gasteiger partial charge in [0.2, 0.25) is 0 Å². The lowest BCUT2D eigenvalue weighted by molar-refractivity contribution is -0.384. The lowest BCUT2D eigenvalue weighted by atomic mass is 10.2. The number of nitrogens with zero attached hydrogens (tertiary/aromatic N) is 3. The molecule has 8 nitrogen and oxygen atoms in total. The summed E-state index contributed by atoms with van der Waals surface area (Å²) in [6.45, 7) is 6.65. The maximum atomic E-state index is 10.7. The molecule has 2 N–H and O–H groups in total. The second kappa shape index (κ2) is 14.8. The van der Waals surface area contributed by atoms with Crippen molar-refractivity contribution in [2.24, 2.45) is 4.99 Å². The third kappa shape index (κ3) is 9.89. The summed E-state index contributed by atoms with van der Waals surface area (Å²) < 4.78 is 5.37. The summed E-state index contributed by atoms with van der Waals surface area (Å²) in [6, 6.07) is 6.53. The summed E-state index contributed by atoms with van der Waals surface area (Å²) in [7, 11) is 0. The first-order chi connectivity index (χ1) is 13.2. The van der Waals surface area contributed by atoms with Crippen molar-refractivity contribution in [3.63, 3.8) is 0 Å². The van der Waals surface area contributed by atoms with E-state index < -0.39 is 0 Å². The minimum Gasteiger partial charge on any atom is -0.379 e. The Kier molecular flexibility index (Phi) is 13.2. The summed E-state index contributed by atoms with van der Waals surface area (Å²) in [4.78, 5) is 17.3. The Morgan fingerprint density at radius 1 is 1.25 bits per heavy atom. The van der Waals surface area contributed by atoms with Gasteiger partial charge in [0.25, 0.3) is 5.69 Å². The van der Waals surface area contributed by atoms with E-state index in [-0.39, 0.29) is 34.6 Å². The van der Waals surface area contributed by atoms with Gasteiger partial charge in [0, 0.05) is 44.9 Å². The lowest BCUT2D eigenvalue weighted by Crippen LogP contribution is -2.44. The Hall–Kier alpha value is -1.11. The van der Waals surface area contributed by atoms with Crippen LogP contribution < -0.4 is 10.6 Å². The van der Waals surface area contributed by atoms with E-state index in [9.17, 15) is 10.1 Å². The van der Waals surface area contributed by atoms with Crippen molar-refractivity contribution in [1.82, 2.24) is 15.5 Å². The molecule has 0 saturated carbocycles. The molecule has 0 aromatic heterocycles. The van der Waals surface area contributed by atoms with Crippen LogP contribution >= 0.6 is 35.7 Å². The van der Waals surface area contributed by atoms with Crippen molar-refractivity contribution in [3.05, 3.63) is 39.9 Å². The fraction of sp³-hybridized carbons (Fsp3) is 0.611. The molecule has 1 heterocycles. The van der Waals surface area contributed by atoms with Crippen molar-refractivity contribution in [2.75, 3.05) is 57.9 Å². The normalized spacial score (nSPS) is 15.0. The molecule has 0 bridgehead atoms. The van der Waals surface area contributed by atoms with E-state index in [2.05, 4.69) is 26.8 Å². The molecule has 158 valence electrons. The van der Waals surface area contributed by atoms with Crippen LogP contribution in [0.25, 0.3) is 0 Å². The van der Waals surface area contributed by atoms with Gasteiger partial charge in [0.05, 0.1) is 24.7 Å². The van der Waals surface area contributed by atoms with Crippen LogP contribution in [0.5, 0.6) is 0 Å². The zero-order valence-electron chi connectivity index (χ0n) is 16.3. The highest BCUT2D eigenvalue weighted by molar-refractivity contribution is 14.0. The van der Waals surface area contributed by atoms with Gasteiger partial charge in [-0.15, -0.1) is 24.0 Å². The van der Waals surface area contributed by atoms with Gasteiger partial charge in [-0.1, -0.05) is 12.1 Å². The monoisotopic (exact) mass is 523 g/mol. The molecule has 28 heavy (non-hydrogen) atoms. The van der Waals surface area contributed by atoms with Gasteiger partial charge >= 0.3 is 0 Å². The van der Waals surface area contributed by atoms with Crippen LogP contribution in [0.2, 0.25) is 0 Å². The van der Waals surface area contributed by atoms with Crippen molar-refractivity contribution in [2.45, 2.75) is 13.0 Å². The molecule has 10 heteroatoms. The van der Waals surface area contributed by atoms with Gasteiger partial charge in [-0.2, -0.15) is 11.8 Å². The van der Waals surface area contributed by atoms with Crippen LogP contribution in [0, 0.1) is 10.1 Å². The van der Waals surface area contributed by atoms with E-state index in [1.165, 1.54) is 12.1 Å². The van der Waals surface area contributed by atoms with E-state index in [1.807, 2.05) is 11.8 Å². The molecule has 1 aliphatic rings. The molecule has 1 aliphatic heterocycles. The highest BCUT2D eigenvalue weighted by atomic mass is 127. The second-order valence-electron chi connectivity index (χ2n) is 6.24. The summed E-state index contributed by atoms with van der Waals surface area (Å²) in [6.07, 6.45) is 3.17. The second-order valence-corrected chi connectivity index (χ2v) is 7.23. The molecule has 2 rings (SSSR count). The molecule has 0 radical (unpaired) electrons. The number of non-ortho nitro benzene ring substituents is 1. The zero-order chi connectivity index (χ0) is 19.3. The van der Waals surface area contributed by atoms with Crippen LogP contribution in [-0.4, -0.2) is 73.7 Å². The number of aliphatic imine (C=N–C) groups is 1. The average molecular weight is 523 g/mol. The van der Waals surface area contributed by atoms with Crippen molar-refractivity contribution in [1.29, 1.82) is 0 Å². The van der Waals surface area contributed by atoms with E-state index in [1.54, 1.807) is 12.1 Å². The van der Waals surface area contributed by atoms with Gasteiger partial charge in [-0.05, 0) is 24.0 Å². The summed E-state index contributed by atoms with van der Waals surface area (Å²) >= 11 is 1.83. The van der Waals surface area contributed by atoms with E-state index in [0.29, 0.717) is 6.54 Å². The van der Waals surface area contributed by atoms with E-state index in [0.717, 1.165) is 69.6 Å². The first-order valence-corrected chi connectivity index (χ1v) is 10.6. The maximum absolute atomic E-state index is 10.7. The first kappa shape index (κ1) is 24.9. The fourth-order valence-corrected chi connectivity index (χ4v) is 3.08. The smallest absolute Gasteiger partial charge is 0.269 e. The molecule has 0 aliphatic carbocycles. The predicted molar refractivity (Wildman–Crippen MR) is 126 cm³/mol. The Morgan fingerprint density at radius 2 is 1.93 bits per heavy atom. The number of hydrogen-bond acceptors (Lipinski definition) is 6. The Labute approximate surface area is 188 Å². The van der Waals surface area contributed by atoms with Gasteiger partial charge in [-0.3, -0.25) is 15.0 Å². The van der Waals surface area contributed by atoms with Crippen LogP contribution in [-0.2, 0) is 11.3 Å². The molecule has 1 fully saturated rings. The number of hydrogen-bond donors (Lipinski definition) is 2. The number of nitro groups is 1. The number of rotatable bonds is 10. The SMILES string of the molecule is CSCCCNC(=NCc1ccc([N+](=O)[O-])cc1)NCCN1CCOCC1.I. The number of nitrogens with one attached hydrogen (secondary N) is 2. The molecule has 0 amide bonds. The Morgan fingerprint density at radius 3 is 2.57 bits per heavy atom. The molecule has 1 saturated heterocycles. The third-order valence-corrected chi connectivity index (χ3v) is 4.91. The molecule has 0 spiro atoms.